The number of halogens is 2. The lowest BCUT2D eigenvalue weighted by Gasteiger charge is -2.44. The average molecular weight is 463 g/mol. The van der Waals surface area contributed by atoms with E-state index >= 15 is 0 Å². The summed E-state index contributed by atoms with van der Waals surface area (Å²) in [6.07, 6.45) is 4.18. The van der Waals surface area contributed by atoms with Crippen LogP contribution in [-0.2, 0) is 4.74 Å². The van der Waals surface area contributed by atoms with Crippen LogP contribution in [0.1, 0.15) is 36.4 Å². The zero-order valence-corrected chi connectivity index (χ0v) is 18.9. The number of rotatable bonds is 6. The highest BCUT2D eigenvalue weighted by Gasteiger charge is 2.38. The first-order valence-corrected chi connectivity index (χ1v) is 11.1. The number of fused-ring (bicyclic) bond motifs is 1. The van der Waals surface area contributed by atoms with Crippen LogP contribution in [0.5, 0.6) is 5.75 Å². The smallest absolute Gasteiger partial charge is 0.182 e. The van der Waals surface area contributed by atoms with Gasteiger partial charge in [-0.1, -0.05) is 23.2 Å². The van der Waals surface area contributed by atoms with Crippen molar-refractivity contribution >= 4 is 40.2 Å². The Balaban J connectivity index is 1.44. The van der Waals surface area contributed by atoms with Gasteiger partial charge in [0.2, 0.25) is 0 Å². The lowest BCUT2D eigenvalue weighted by Crippen LogP contribution is -2.51. The van der Waals surface area contributed by atoms with E-state index in [1.165, 1.54) is 6.33 Å². The number of anilines is 1. The average Bonchev–Trinajstić information content (AvgIpc) is 3.42. The zero-order chi connectivity index (χ0) is 21.5. The number of aromatic amines is 1. The summed E-state index contributed by atoms with van der Waals surface area (Å²) in [5.41, 5.74) is 3.27. The van der Waals surface area contributed by atoms with Crippen LogP contribution in [-0.4, -0.2) is 64.3 Å². The molecule has 10 heteroatoms. The monoisotopic (exact) mass is 462 g/mol. The molecule has 2 aromatic heterocycles. The van der Waals surface area contributed by atoms with Gasteiger partial charge in [0.15, 0.2) is 11.5 Å². The van der Waals surface area contributed by atoms with E-state index in [2.05, 4.69) is 30.2 Å². The molecule has 0 radical (unpaired) electrons. The highest BCUT2D eigenvalue weighted by molar-refractivity contribution is 6.42. The number of hydrogen-bond acceptors (Lipinski definition) is 7. The minimum Gasteiger partial charge on any atom is -0.496 e. The van der Waals surface area contributed by atoms with Crippen LogP contribution < -0.4 is 10.1 Å². The predicted octanol–water partition coefficient (Wildman–Crippen LogP) is 4.03. The van der Waals surface area contributed by atoms with Crippen LogP contribution in [0.15, 0.2) is 18.7 Å². The van der Waals surface area contributed by atoms with E-state index < -0.39 is 0 Å². The Morgan fingerprint density at radius 3 is 2.87 bits per heavy atom. The van der Waals surface area contributed by atoms with Gasteiger partial charge >= 0.3 is 0 Å². The van der Waals surface area contributed by atoms with Gasteiger partial charge in [0.1, 0.15) is 17.6 Å². The Morgan fingerprint density at radius 2 is 2.13 bits per heavy atom. The molecule has 3 aromatic rings. The molecule has 2 unspecified atom stereocenters. The van der Waals surface area contributed by atoms with Gasteiger partial charge in [0, 0.05) is 42.8 Å². The van der Waals surface area contributed by atoms with Gasteiger partial charge in [-0.2, -0.15) is 0 Å². The molecule has 0 aliphatic carbocycles. The van der Waals surface area contributed by atoms with Crippen molar-refractivity contribution in [2.75, 3.05) is 38.7 Å². The van der Waals surface area contributed by atoms with Crippen molar-refractivity contribution in [2.45, 2.75) is 31.3 Å². The van der Waals surface area contributed by atoms with Gasteiger partial charge < -0.3 is 19.8 Å². The van der Waals surface area contributed by atoms with Crippen LogP contribution >= 0.6 is 23.2 Å². The maximum Gasteiger partial charge on any atom is 0.182 e. The molecular formula is C21H24Cl2N6O2. The van der Waals surface area contributed by atoms with Crippen molar-refractivity contribution in [3.8, 4) is 5.75 Å². The Hall–Kier alpha value is -2.13. The standard InChI is InChI=1S/C21H24Cl2N6O2/c1-11(28-21-18-20(25-9-24-18)26-10-27-21)14-5-15(22)17(23)16(19(14)30-2)12-6-29(7-12)13-3-4-31-8-13/h5,9-13H,3-4,6-8H2,1-2H3,(H2,24,25,26,27,28). The predicted molar refractivity (Wildman–Crippen MR) is 120 cm³/mol. The topological polar surface area (TPSA) is 88.2 Å². The fourth-order valence-corrected chi connectivity index (χ4v) is 5.04. The SMILES string of the molecule is COc1c(C(C)Nc2ncnc3nc[nH]c23)cc(Cl)c(Cl)c1C1CN(C2CCOC2)C1. The molecule has 8 nitrogen and oxygen atoms in total. The molecule has 0 spiro atoms. The number of imidazole rings is 1. The normalized spacial score (nSPS) is 20.7. The molecule has 0 amide bonds. The summed E-state index contributed by atoms with van der Waals surface area (Å²) < 4.78 is 11.4. The first-order valence-electron chi connectivity index (χ1n) is 10.3. The summed E-state index contributed by atoms with van der Waals surface area (Å²) in [7, 11) is 1.68. The summed E-state index contributed by atoms with van der Waals surface area (Å²) in [5, 5.41) is 4.53. The van der Waals surface area contributed by atoms with Crippen molar-refractivity contribution in [3.05, 3.63) is 39.9 Å². The van der Waals surface area contributed by atoms with Crippen molar-refractivity contribution < 1.29 is 9.47 Å². The van der Waals surface area contributed by atoms with E-state index in [1.54, 1.807) is 13.4 Å². The fourth-order valence-electron chi connectivity index (χ4n) is 4.52. The van der Waals surface area contributed by atoms with Crippen molar-refractivity contribution in [2.24, 2.45) is 0 Å². The quantitative estimate of drug-likeness (QED) is 0.571. The lowest BCUT2D eigenvalue weighted by atomic mass is 9.87. The highest BCUT2D eigenvalue weighted by atomic mass is 35.5. The minimum atomic E-state index is -0.135. The van der Waals surface area contributed by atoms with Crippen LogP contribution in [0.25, 0.3) is 11.2 Å². The molecule has 164 valence electrons. The van der Waals surface area contributed by atoms with E-state index in [0.717, 1.165) is 55.1 Å². The van der Waals surface area contributed by atoms with E-state index in [9.17, 15) is 0 Å². The molecule has 0 saturated carbocycles. The molecule has 31 heavy (non-hydrogen) atoms. The number of likely N-dealkylation sites (tertiary alicyclic amines) is 1. The second-order valence-corrected chi connectivity index (χ2v) is 8.85. The lowest BCUT2D eigenvalue weighted by molar-refractivity contribution is 0.0766. The Kier molecular flexibility index (Phi) is 5.64. The summed E-state index contributed by atoms with van der Waals surface area (Å²) in [4.78, 5) is 18.3. The second-order valence-electron chi connectivity index (χ2n) is 8.07. The number of aromatic nitrogens is 4. The molecule has 1 aromatic carbocycles. The second kappa shape index (κ2) is 8.43. The first-order chi connectivity index (χ1) is 15.1. The third kappa shape index (κ3) is 3.71. The van der Waals surface area contributed by atoms with Gasteiger partial charge in [-0.15, -0.1) is 0 Å². The number of nitrogens with one attached hydrogen (secondary N) is 2. The van der Waals surface area contributed by atoms with Gasteiger partial charge in [-0.3, -0.25) is 4.90 Å². The molecule has 4 heterocycles. The van der Waals surface area contributed by atoms with E-state index in [4.69, 9.17) is 32.7 Å². The molecule has 2 fully saturated rings. The molecule has 5 rings (SSSR count). The molecule has 2 aliphatic rings. The van der Waals surface area contributed by atoms with Crippen molar-refractivity contribution in [3.63, 3.8) is 0 Å². The number of hydrogen-bond donors (Lipinski definition) is 2. The molecule has 2 atom stereocenters. The molecular weight excluding hydrogens is 439 g/mol. The van der Waals surface area contributed by atoms with Gasteiger partial charge in [-0.25, -0.2) is 15.0 Å². The highest BCUT2D eigenvalue weighted by Crippen LogP contribution is 2.46. The Labute approximate surface area is 190 Å². The zero-order valence-electron chi connectivity index (χ0n) is 17.4. The number of ether oxygens (including phenoxy) is 2. The maximum atomic E-state index is 6.68. The minimum absolute atomic E-state index is 0.135. The summed E-state index contributed by atoms with van der Waals surface area (Å²) in [6.45, 7) is 5.53. The third-order valence-electron chi connectivity index (χ3n) is 6.22. The fraction of sp³-hybridized carbons (Fsp3) is 0.476. The van der Waals surface area contributed by atoms with Gasteiger partial charge in [-0.05, 0) is 19.4 Å². The summed E-state index contributed by atoms with van der Waals surface area (Å²) in [6, 6.07) is 2.23. The first kappa shape index (κ1) is 20.8. The largest absolute Gasteiger partial charge is 0.496 e. The Bertz CT molecular complexity index is 1090. The van der Waals surface area contributed by atoms with Crippen molar-refractivity contribution in [1.82, 2.24) is 24.8 Å². The number of H-pyrrole nitrogens is 1. The summed E-state index contributed by atoms with van der Waals surface area (Å²) >= 11 is 13.3. The Morgan fingerprint density at radius 1 is 1.29 bits per heavy atom. The number of methoxy groups -OCH3 is 1. The molecule has 2 saturated heterocycles. The molecule has 2 N–H and O–H groups in total. The number of benzene rings is 1. The van der Waals surface area contributed by atoms with Crippen LogP contribution in [0.4, 0.5) is 5.82 Å². The van der Waals surface area contributed by atoms with E-state index in [0.29, 0.717) is 27.6 Å². The summed E-state index contributed by atoms with van der Waals surface area (Å²) in [5.74, 6) is 1.71. The van der Waals surface area contributed by atoms with Crippen LogP contribution in [0, 0.1) is 0 Å². The molecule has 2 aliphatic heterocycles. The third-order valence-corrected chi connectivity index (χ3v) is 7.02. The molecule has 0 bridgehead atoms. The van der Waals surface area contributed by atoms with Gasteiger partial charge in [0.05, 0.1) is 36.1 Å². The maximum absolute atomic E-state index is 6.68. The van der Waals surface area contributed by atoms with Gasteiger partial charge in [0.25, 0.3) is 0 Å². The van der Waals surface area contributed by atoms with Crippen LogP contribution in [0.2, 0.25) is 10.0 Å². The van der Waals surface area contributed by atoms with E-state index in [-0.39, 0.29) is 12.0 Å². The van der Waals surface area contributed by atoms with Crippen LogP contribution in [0.3, 0.4) is 0 Å². The van der Waals surface area contributed by atoms with Crippen molar-refractivity contribution in [1.29, 1.82) is 0 Å². The van der Waals surface area contributed by atoms with E-state index in [1.807, 2.05) is 13.0 Å². The number of nitrogens with zero attached hydrogens (tertiary/aromatic N) is 4.